The molecule has 0 aliphatic carbocycles. The minimum absolute atomic E-state index is 0.0269. The molecule has 3 heteroatoms. The van der Waals surface area contributed by atoms with E-state index in [1.165, 1.54) is 0 Å². The zero-order valence-electron chi connectivity index (χ0n) is 10.3. The molecule has 3 nitrogen and oxygen atoms in total. The molecule has 0 saturated carbocycles. The predicted octanol–water partition coefficient (Wildman–Crippen LogP) is 2.47. The number of carbonyl (C=O) groups excluding carboxylic acids is 1. The van der Waals surface area contributed by atoms with Gasteiger partial charge in [-0.05, 0) is 23.8 Å². The summed E-state index contributed by atoms with van der Waals surface area (Å²) in [4.78, 5) is 13.8. The minimum Gasteiger partial charge on any atom is -0.398 e. The molecule has 0 aliphatic rings. The number of anilines is 2. The van der Waals surface area contributed by atoms with Crippen molar-refractivity contribution < 1.29 is 4.79 Å². The molecule has 0 heterocycles. The van der Waals surface area contributed by atoms with Crippen molar-refractivity contribution in [2.75, 3.05) is 17.7 Å². The van der Waals surface area contributed by atoms with E-state index >= 15 is 0 Å². The number of likely N-dealkylation sites (N-methyl/N-ethyl adjacent to an activating group) is 1. The van der Waals surface area contributed by atoms with Crippen LogP contribution < -0.4 is 10.6 Å². The van der Waals surface area contributed by atoms with Crippen LogP contribution in [-0.4, -0.2) is 13.0 Å². The molecule has 0 aliphatic heterocycles. The molecule has 0 saturated heterocycles. The van der Waals surface area contributed by atoms with E-state index in [1.807, 2.05) is 54.6 Å². The second-order valence-electron chi connectivity index (χ2n) is 4.16. The maximum absolute atomic E-state index is 12.1. The highest BCUT2D eigenvalue weighted by Gasteiger charge is 2.12. The number of hydrogen-bond donors (Lipinski definition) is 1. The molecule has 0 fully saturated rings. The number of para-hydroxylation sites is 2. The first kappa shape index (κ1) is 12.2. The summed E-state index contributed by atoms with van der Waals surface area (Å²) in [6.07, 6.45) is 0.318. The molecule has 0 bridgehead atoms. The summed E-state index contributed by atoms with van der Waals surface area (Å²) >= 11 is 0. The lowest BCUT2D eigenvalue weighted by atomic mass is 10.1. The van der Waals surface area contributed by atoms with E-state index in [1.54, 1.807) is 11.9 Å². The summed E-state index contributed by atoms with van der Waals surface area (Å²) in [7, 11) is 1.77. The zero-order chi connectivity index (χ0) is 13.0. The normalized spacial score (nSPS) is 10.1. The molecule has 0 unspecified atom stereocenters. The van der Waals surface area contributed by atoms with Crippen LogP contribution in [0.1, 0.15) is 5.56 Å². The summed E-state index contributed by atoms with van der Waals surface area (Å²) in [6, 6.07) is 17.0. The molecule has 2 rings (SSSR count). The first-order chi connectivity index (χ1) is 8.68. The second-order valence-corrected chi connectivity index (χ2v) is 4.16. The van der Waals surface area contributed by atoms with Crippen LogP contribution in [0.15, 0.2) is 54.6 Å². The van der Waals surface area contributed by atoms with E-state index in [-0.39, 0.29) is 5.91 Å². The van der Waals surface area contributed by atoms with Crippen LogP contribution >= 0.6 is 0 Å². The van der Waals surface area contributed by atoms with Gasteiger partial charge >= 0.3 is 0 Å². The maximum Gasteiger partial charge on any atom is 0.231 e. The third kappa shape index (κ3) is 2.69. The van der Waals surface area contributed by atoms with Gasteiger partial charge in [0.05, 0.1) is 6.42 Å². The summed E-state index contributed by atoms with van der Waals surface area (Å²) < 4.78 is 0. The molecule has 1 amide bonds. The van der Waals surface area contributed by atoms with Gasteiger partial charge in [-0.3, -0.25) is 4.79 Å². The first-order valence-corrected chi connectivity index (χ1v) is 5.83. The standard InChI is InChI=1S/C15H16N2O/c1-17(13-8-3-2-4-9-13)15(18)11-12-7-5-6-10-14(12)16/h2-10H,11,16H2,1H3. The van der Waals surface area contributed by atoms with Gasteiger partial charge in [-0.1, -0.05) is 36.4 Å². The molecule has 2 aromatic carbocycles. The van der Waals surface area contributed by atoms with Gasteiger partial charge in [-0.15, -0.1) is 0 Å². The largest absolute Gasteiger partial charge is 0.398 e. The molecular formula is C15H16N2O. The number of nitrogen functional groups attached to an aromatic ring is 1. The number of benzene rings is 2. The number of amides is 1. The fourth-order valence-corrected chi connectivity index (χ4v) is 1.77. The van der Waals surface area contributed by atoms with Gasteiger partial charge in [-0.2, -0.15) is 0 Å². The highest BCUT2D eigenvalue weighted by Crippen LogP contribution is 2.16. The van der Waals surface area contributed by atoms with Crippen molar-refractivity contribution in [1.29, 1.82) is 0 Å². The Morgan fingerprint density at radius 1 is 1.06 bits per heavy atom. The van der Waals surface area contributed by atoms with Gasteiger partial charge in [-0.25, -0.2) is 0 Å². The lowest BCUT2D eigenvalue weighted by Gasteiger charge is -2.17. The molecule has 0 spiro atoms. The Labute approximate surface area is 107 Å². The average Bonchev–Trinajstić information content (AvgIpc) is 2.41. The number of nitrogens with two attached hydrogens (primary N) is 1. The molecule has 92 valence electrons. The van der Waals surface area contributed by atoms with E-state index in [4.69, 9.17) is 5.73 Å². The van der Waals surface area contributed by atoms with Gasteiger partial charge < -0.3 is 10.6 Å². The second kappa shape index (κ2) is 5.36. The molecule has 18 heavy (non-hydrogen) atoms. The van der Waals surface area contributed by atoms with Crippen molar-refractivity contribution in [2.24, 2.45) is 0 Å². The van der Waals surface area contributed by atoms with Gasteiger partial charge in [0.25, 0.3) is 0 Å². The Balaban J connectivity index is 2.12. The molecular weight excluding hydrogens is 224 g/mol. The van der Waals surface area contributed by atoms with Crippen molar-refractivity contribution in [2.45, 2.75) is 6.42 Å². The molecule has 0 radical (unpaired) electrons. The van der Waals surface area contributed by atoms with Crippen LogP contribution in [0.4, 0.5) is 11.4 Å². The third-order valence-electron chi connectivity index (χ3n) is 2.91. The molecule has 0 atom stereocenters. The summed E-state index contributed by atoms with van der Waals surface area (Å²) in [5.74, 6) is 0.0269. The summed E-state index contributed by atoms with van der Waals surface area (Å²) in [5.41, 5.74) is 8.25. The zero-order valence-corrected chi connectivity index (χ0v) is 10.3. The lowest BCUT2D eigenvalue weighted by molar-refractivity contribution is -0.117. The van der Waals surface area contributed by atoms with E-state index < -0.39 is 0 Å². The van der Waals surface area contributed by atoms with Gasteiger partial charge in [0.15, 0.2) is 0 Å². The molecule has 2 aromatic rings. The predicted molar refractivity (Wildman–Crippen MR) is 74.4 cm³/mol. The third-order valence-corrected chi connectivity index (χ3v) is 2.91. The number of carbonyl (C=O) groups is 1. The highest BCUT2D eigenvalue weighted by molar-refractivity contribution is 5.94. The SMILES string of the molecule is CN(C(=O)Cc1ccccc1N)c1ccccc1. The van der Waals surface area contributed by atoms with Gasteiger partial charge in [0.2, 0.25) is 5.91 Å². The van der Waals surface area contributed by atoms with Gasteiger partial charge in [0, 0.05) is 18.4 Å². The fraction of sp³-hybridized carbons (Fsp3) is 0.133. The van der Waals surface area contributed by atoms with E-state index in [9.17, 15) is 4.79 Å². The van der Waals surface area contributed by atoms with Crippen molar-refractivity contribution in [1.82, 2.24) is 0 Å². The Morgan fingerprint density at radius 2 is 1.67 bits per heavy atom. The highest BCUT2D eigenvalue weighted by atomic mass is 16.2. The number of nitrogens with zero attached hydrogens (tertiary/aromatic N) is 1. The van der Waals surface area contributed by atoms with Crippen molar-refractivity contribution in [3.8, 4) is 0 Å². The topological polar surface area (TPSA) is 46.3 Å². The van der Waals surface area contributed by atoms with Crippen LogP contribution in [0.3, 0.4) is 0 Å². The lowest BCUT2D eigenvalue weighted by Crippen LogP contribution is -2.28. The maximum atomic E-state index is 12.1. The smallest absolute Gasteiger partial charge is 0.231 e. The first-order valence-electron chi connectivity index (χ1n) is 5.83. The Bertz CT molecular complexity index is 537. The van der Waals surface area contributed by atoms with E-state index in [0.29, 0.717) is 12.1 Å². The quantitative estimate of drug-likeness (QED) is 0.838. The van der Waals surface area contributed by atoms with Crippen LogP contribution in [0.25, 0.3) is 0 Å². The monoisotopic (exact) mass is 240 g/mol. The van der Waals surface area contributed by atoms with Crippen LogP contribution in [0.5, 0.6) is 0 Å². The van der Waals surface area contributed by atoms with E-state index in [0.717, 1.165) is 11.3 Å². The summed E-state index contributed by atoms with van der Waals surface area (Å²) in [5, 5.41) is 0. The van der Waals surface area contributed by atoms with Crippen LogP contribution in [0, 0.1) is 0 Å². The van der Waals surface area contributed by atoms with Crippen LogP contribution in [0.2, 0.25) is 0 Å². The number of hydrogen-bond acceptors (Lipinski definition) is 2. The average molecular weight is 240 g/mol. The van der Waals surface area contributed by atoms with Crippen molar-refractivity contribution in [3.05, 3.63) is 60.2 Å². The Kier molecular flexibility index (Phi) is 3.63. The van der Waals surface area contributed by atoms with Crippen molar-refractivity contribution >= 4 is 17.3 Å². The van der Waals surface area contributed by atoms with Crippen molar-refractivity contribution in [3.63, 3.8) is 0 Å². The molecule has 2 N–H and O–H groups in total. The van der Waals surface area contributed by atoms with E-state index in [2.05, 4.69) is 0 Å². The number of rotatable bonds is 3. The Morgan fingerprint density at radius 3 is 2.33 bits per heavy atom. The van der Waals surface area contributed by atoms with Gasteiger partial charge in [0.1, 0.15) is 0 Å². The van der Waals surface area contributed by atoms with Crippen LogP contribution in [-0.2, 0) is 11.2 Å². The Hall–Kier alpha value is -2.29. The minimum atomic E-state index is 0.0269. The molecule has 0 aromatic heterocycles. The fourth-order valence-electron chi connectivity index (χ4n) is 1.77. The summed E-state index contributed by atoms with van der Waals surface area (Å²) in [6.45, 7) is 0.